The molecule has 1 aromatic rings. The lowest BCUT2D eigenvalue weighted by atomic mass is 10.2. The van der Waals surface area contributed by atoms with Gasteiger partial charge in [-0.05, 0) is 23.4 Å². The van der Waals surface area contributed by atoms with E-state index in [4.69, 9.17) is 5.11 Å². The van der Waals surface area contributed by atoms with Gasteiger partial charge >= 0.3 is 0 Å². The van der Waals surface area contributed by atoms with Crippen molar-refractivity contribution in [1.82, 2.24) is 0 Å². The van der Waals surface area contributed by atoms with Crippen molar-refractivity contribution in [2.75, 3.05) is 0 Å². The molecule has 48 valence electrons. The highest BCUT2D eigenvalue weighted by molar-refractivity contribution is 7.10. The molecule has 0 saturated heterocycles. The molecule has 0 bridgehead atoms. The van der Waals surface area contributed by atoms with Crippen molar-refractivity contribution >= 4 is 11.3 Å². The van der Waals surface area contributed by atoms with Crippen molar-refractivity contribution in [2.24, 2.45) is 0 Å². The maximum Gasteiger partial charge on any atom is 0.0629 e. The molecular weight excluding hydrogens is 132 g/mol. The van der Waals surface area contributed by atoms with Gasteiger partial charge in [0.1, 0.15) is 0 Å². The van der Waals surface area contributed by atoms with Gasteiger partial charge in [0, 0.05) is 11.3 Å². The molecular formula is C7H8OS. The first kappa shape index (κ1) is 5.45. The Hall–Kier alpha value is -0.340. The van der Waals surface area contributed by atoms with Crippen LogP contribution in [0.2, 0.25) is 0 Å². The van der Waals surface area contributed by atoms with Crippen LogP contribution in [-0.2, 0) is 12.8 Å². The van der Waals surface area contributed by atoms with E-state index in [9.17, 15) is 0 Å². The summed E-state index contributed by atoms with van der Waals surface area (Å²) in [7, 11) is 0. The summed E-state index contributed by atoms with van der Waals surface area (Å²) in [4.78, 5) is 1.38. The molecule has 1 atom stereocenters. The van der Waals surface area contributed by atoms with E-state index in [0.717, 1.165) is 12.8 Å². The van der Waals surface area contributed by atoms with Crippen molar-refractivity contribution < 1.29 is 5.11 Å². The fourth-order valence-electron chi connectivity index (χ4n) is 1.27. The Balaban J connectivity index is 2.39. The van der Waals surface area contributed by atoms with Crippen LogP contribution in [0.5, 0.6) is 0 Å². The molecule has 1 aliphatic rings. The van der Waals surface area contributed by atoms with E-state index in [2.05, 4.69) is 11.4 Å². The normalized spacial score (nSPS) is 24.3. The lowest BCUT2D eigenvalue weighted by molar-refractivity contribution is 0.187. The average Bonchev–Trinajstić information content (AvgIpc) is 2.22. The Labute approximate surface area is 58.0 Å². The van der Waals surface area contributed by atoms with Crippen molar-refractivity contribution in [1.29, 1.82) is 0 Å². The molecule has 0 spiro atoms. The lowest BCUT2D eigenvalue weighted by Gasteiger charge is -1.94. The second-order valence-corrected chi connectivity index (χ2v) is 3.43. The largest absolute Gasteiger partial charge is 0.392 e. The Kier molecular flexibility index (Phi) is 1.10. The second-order valence-electron chi connectivity index (χ2n) is 2.43. The number of thiophene rings is 1. The number of hydrogen-bond donors (Lipinski definition) is 1. The zero-order valence-corrected chi connectivity index (χ0v) is 5.82. The fraction of sp³-hybridized carbons (Fsp3) is 0.429. The molecule has 9 heavy (non-hydrogen) atoms. The van der Waals surface area contributed by atoms with Gasteiger partial charge in [-0.3, -0.25) is 0 Å². The fourth-order valence-corrected chi connectivity index (χ4v) is 2.26. The topological polar surface area (TPSA) is 20.2 Å². The summed E-state index contributed by atoms with van der Waals surface area (Å²) in [6, 6.07) is 2.11. The third-order valence-electron chi connectivity index (χ3n) is 1.71. The summed E-state index contributed by atoms with van der Waals surface area (Å²) in [6.45, 7) is 0. The summed E-state index contributed by atoms with van der Waals surface area (Å²) >= 11 is 1.76. The zero-order valence-electron chi connectivity index (χ0n) is 5.00. The molecule has 1 aromatic heterocycles. The Morgan fingerprint density at radius 1 is 1.56 bits per heavy atom. The molecule has 0 fully saturated rings. The van der Waals surface area contributed by atoms with Crippen LogP contribution in [0.3, 0.4) is 0 Å². The highest BCUT2D eigenvalue weighted by Gasteiger charge is 2.19. The van der Waals surface area contributed by atoms with Gasteiger partial charge in [-0.1, -0.05) is 0 Å². The first-order chi connectivity index (χ1) is 4.36. The maximum absolute atomic E-state index is 9.15. The molecule has 1 aliphatic carbocycles. The number of rotatable bonds is 0. The molecule has 1 heterocycles. The van der Waals surface area contributed by atoms with Crippen LogP contribution >= 0.6 is 11.3 Å². The van der Waals surface area contributed by atoms with E-state index < -0.39 is 0 Å². The summed E-state index contributed by atoms with van der Waals surface area (Å²) in [6.07, 6.45) is 1.67. The van der Waals surface area contributed by atoms with E-state index in [0.29, 0.717) is 0 Å². The predicted molar refractivity (Wildman–Crippen MR) is 37.7 cm³/mol. The smallest absolute Gasteiger partial charge is 0.0629 e. The number of hydrogen-bond acceptors (Lipinski definition) is 2. The van der Waals surface area contributed by atoms with Crippen molar-refractivity contribution in [3.8, 4) is 0 Å². The van der Waals surface area contributed by atoms with Crippen LogP contribution in [0.25, 0.3) is 0 Å². The quantitative estimate of drug-likeness (QED) is 0.574. The van der Waals surface area contributed by atoms with E-state index >= 15 is 0 Å². The van der Waals surface area contributed by atoms with Crippen LogP contribution in [0, 0.1) is 0 Å². The maximum atomic E-state index is 9.15. The van der Waals surface area contributed by atoms with E-state index in [1.54, 1.807) is 11.3 Å². The molecule has 1 N–H and O–H groups in total. The molecule has 0 radical (unpaired) electrons. The van der Waals surface area contributed by atoms with Gasteiger partial charge in [-0.2, -0.15) is 0 Å². The third-order valence-corrected chi connectivity index (χ3v) is 2.70. The van der Waals surface area contributed by atoms with E-state index in [-0.39, 0.29) is 6.10 Å². The molecule has 2 heteroatoms. The molecule has 0 amide bonds. The first-order valence-electron chi connectivity index (χ1n) is 3.09. The number of aliphatic hydroxyl groups is 1. The Morgan fingerprint density at radius 3 is 3.22 bits per heavy atom. The van der Waals surface area contributed by atoms with Gasteiger partial charge in [0.2, 0.25) is 0 Å². The predicted octanol–water partition coefficient (Wildman–Crippen LogP) is 1.21. The van der Waals surface area contributed by atoms with E-state index in [1.165, 1.54) is 10.4 Å². The molecule has 0 aromatic carbocycles. The van der Waals surface area contributed by atoms with Gasteiger partial charge in [0.05, 0.1) is 6.10 Å². The van der Waals surface area contributed by atoms with Crippen LogP contribution < -0.4 is 0 Å². The van der Waals surface area contributed by atoms with Crippen LogP contribution in [0.4, 0.5) is 0 Å². The van der Waals surface area contributed by atoms with Crippen LogP contribution in [0.15, 0.2) is 11.4 Å². The molecule has 0 saturated carbocycles. The summed E-state index contributed by atoms with van der Waals surface area (Å²) in [5.41, 5.74) is 1.35. The molecule has 1 unspecified atom stereocenters. The SMILES string of the molecule is OC1Cc2ccsc2C1. The van der Waals surface area contributed by atoms with Crippen LogP contribution in [-0.4, -0.2) is 11.2 Å². The standard InChI is InChI=1S/C7H8OS/c8-6-3-5-1-2-9-7(5)4-6/h1-2,6,8H,3-4H2. The Morgan fingerprint density at radius 2 is 2.44 bits per heavy atom. The van der Waals surface area contributed by atoms with E-state index in [1.807, 2.05) is 0 Å². The average molecular weight is 140 g/mol. The highest BCUT2D eigenvalue weighted by Crippen LogP contribution is 2.26. The molecule has 1 nitrogen and oxygen atoms in total. The molecule has 0 aliphatic heterocycles. The van der Waals surface area contributed by atoms with Gasteiger partial charge in [0.25, 0.3) is 0 Å². The minimum absolute atomic E-state index is 0.0903. The zero-order chi connectivity index (χ0) is 6.27. The van der Waals surface area contributed by atoms with Gasteiger partial charge in [-0.25, -0.2) is 0 Å². The lowest BCUT2D eigenvalue weighted by Crippen LogP contribution is -2.03. The summed E-state index contributed by atoms with van der Waals surface area (Å²) < 4.78 is 0. The number of aliphatic hydroxyl groups excluding tert-OH is 1. The minimum Gasteiger partial charge on any atom is -0.392 e. The highest BCUT2D eigenvalue weighted by atomic mass is 32.1. The van der Waals surface area contributed by atoms with Gasteiger partial charge in [0.15, 0.2) is 0 Å². The second kappa shape index (κ2) is 1.82. The first-order valence-corrected chi connectivity index (χ1v) is 3.97. The van der Waals surface area contributed by atoms with Crippen molar-refractivity contribution in [3.63, 3.8) is 0 Å². The molecule has 2 rings (SSSR count). The minimum atomic E-state index is -0.0903. The monoisotopic (exact) mass is 140 g/mol. The summed E-state index contributed by atoms with van der Waals surface area (Å²) in [5.74, 6) is 0. The van der Waals surface area contributed by atoms with Gasteiger partial charge in [-0.15, -0.1) is 11.3 Å². The van der Waals surface area contributed by atoms with Crippen molar-refractivity contribution in [3.05, 3.63) is 21.9 Å². The summed E-state index contributed by atoms with van der Waals surface area (Å²) in [5, 5.41) is 11.2. The van der Waals surface area contributed by atoms with Crippen LogP contribution in [0.1, 0.15) is 10.4 Å². The van der Waals surface area contributed by atoms with Crippen molar-refractivity contribution in [2.45, 2.75) is 18.9 Å². The number of fused-ring (bicyclic) bond motifs is 1. The van der Waals surface area contributed by atoms with Gasteiger partial charge < -0.3 is 5.11 Å². The third kappa shape index (κ3) is 0.787. The Bertz CT molecular complexity index is 196.